The molecule has 1 aromatic carbocycles. The number of aryl methyl sites for hydroxylation is 1. The zero-order chi connectivity index (χ0) is 21.8. The van der Waals surface area contributed by atoms with Gasteiger partial charge in [-0.25, -0.2) is 4.98 Å². The fraction of sp³-hybridized carbons (Fsp3) is 0.520. The summed E-state index contributed by atoms with van der Waals surface area (Å²) < 4.78 is 3.98. The second kappa shape index (κ2) is 9.90. The lowest BCUT2D eigenvalue weighted by atomic mass is 10.1. The summed E-state index contributed by atoms with van der Waals surface area (Å²) in [6.45, 7) is 6.36. The summed E-state index contributed by atoms with van der Waals surface area (Å²) in [6.07, 6.45) is 11.3. The molecule has 166 valence electrons. The average molecular weight is 441 g/mol. The number of aromatic nitrogens is 3. The van der Waals surface area contributed by atoms with Crippen LogP contribution in [0.15, 0.2) is 41.3 Å². The van der Waals surface area contributed by atoms with Gasteiger partial charge in [0, 0.05) is 42.0 Å². The lowest BCUT2D eigenvalue weighted by Crippen LogP contribution is -2.34. The second-order valence-corrected chi connectivity index (χ2v) is 9.07. The Morgan fingerprint density at radius 1 is 1.10 bits per heavy atom. The van der Waals surface area contributed by atoms with E-state index in [2.05, 4.69) is 23.3 Å². The zero-order valence-corrected chi connectivity index (χ0v) is 19.4. The normalized spacial score (nSPS) is 16.5. The Labute approximate surface area is 189 Å². The van der Waals surface area contributed by atoms with Crippen molar-refractivity contribution in [2.45, 2.75) is 77.8 Å². The van der Waals surface area contributed by atoms with Gasteiger partial charge in [-0.1, -0.05) is 63.3 Å². The molecule has 0 bridgehead atoms. The number of rotatable bonds is 9. The van der Waals surface area contributed by atoms with Crippen LogP contribution in [-0.4, -0.2) is 26.5 Å². The molecule has 0 spiro atoms. The molecule has 6 heteroatoms. The summed E-state index contributed by atoms with van der Waals surface area (Å²) in [6, 6.07) is 9.99. The van der Waals surface area contributed by atoms with Crippen LogP contribution in [0.2, 0.25) is 5.02 Å². The van der Waals surface area contributed by atoms with E-state index in [4.69, 9.17) is 16.6 Å². The van der Waals surface area contributed by atoms with E-state index in [1.807, 2.05) is 36.5 Å². The molecule has 4 rings (SSSR count). The highest BCUT2D eigenvalue weighted by molar-refractivity contribution is 6.30. The minimum Gasteiger partial charge on any atom is -0.355 e. The molecule has 1 fully saturated rings. The molecule has 0 aliphatic carbocycles. The predicted octanol–water partition coefficient (Wildman–Crippen LogP) is 6.17. The van der Waals surface area contributed by atoms with Crippen molar-refractivity contribution >= 4 is 23.2 Å². The van der Waals surface area contributed by atoms with Crippen LogP contribution in [-0.2, 0) is 6.54 Å². The first-order chi connectivity index (χ1) is 15.1. The van der Waals surface area contributed by atoms with E-state index >= 15 is 0 Å². The molecule has 1 aliphatic rings. The number of hydrogen-bond donors (Lipinski definition) is 0. The first kappa shape index (κ1) is 21.9. The summed E-state index contributed by atoms with van der Waals surface area (Å²) >= 11 is 6.06. The van der Waals surface area contributed by atoms with Gasteiger partial charge in [-0.2, -0.15) is 0 Å². The zero-order valence-electron chi connectivity index (χ0n) is 18.7. The summed E-state index contributed by atoms with van der Waals surface area (Å²) in [4.78, 5) is 20.5. The third-order valence-electron chi connectivity index (χ3n) is 6.38. The molecule has 0 saturated carbocycles. The average Bonchev–Trinajstić information content (AvgIpc) is 3.42. The number of hydrogen-bond acceptors (Lipinski definition) is 3. The van der Waals surface area contributed by atoms with Gasteiger partial charge in [-0.15, -0.1) is 0 Å². The Hall–Kier alpha value is -2.27. The van der Waals surface area contributed by atoms with Gasteiger partial charge in [0.2, 0.25) is 5.78 Å². The Balaban J connectivity index is 1.80. The van der Waals surface area contributed by atoms with Gasteiger partial charge < -0.3 is 4.90 Å². The third kappa shape index (κ3) is 4.67. The maximum Gasteiger partial charge on any atom is 0.261 e. The largest absolute Gasteiger partial charge is 0.355 e. The van der Waals surface area contributed by atoms with Crippen molar-refractivity contribution in [3.05, 3.63) is 51.9 Å². The molecule has 1 unspecified atom stereocenters. The van der Waals surface area contributed by atoms with Crippen molar-refractivity contribution in [1.82, 2.24) is 14.0 Å². The van der Waals surface area contributed by atoms with Crippen molar-refractivity contribution in [2.24, 2.45) is 0 Å². The first-order valence-electron chi connectivity index (χ1n) is 11.8. The first-order valence-corrected chi connectivity index (χ1v) is 12.2. The maximum absolute atomic E-state index is 13.1. The standard InChI is InChI=1S/C25H33ClN4O/c1-3-5-7-15-29-23(28-16-8-10-21(28)9-6-4-2)17-24(31)30-18-22(27-25(29)30)19-11-13-20(26)14-12-19/h11-14,17-18,21H,3-10,15-16H2,1-2H3. The molecule has 1 atom stereocenters. The van der Waals surface area contributed by atoms with E-state index in [0.717, 1.165) is 42.4 Å². The maximum atomic E-state index is 13.1. The van der Waals surface area contributed by atoms with E-state index in [1.165, 1.54) is 44.9 Å². The molecule has 2 aromatic heterocycles. The molecule has 0 amide bonds. The van der Waals surface area contributed by atoms with Crippen LogP contribution in [0.5, 0.6) is 0 Å². The minimum atomic E-state index is -0.00871. The molecule has 1 saturated heterocycles. The number of nitrogens with zero attached hydrogens (tertiary/aromatic N) is 4. The molecule has 1 aliphatic heterocycles. The van der Waals surface area contributed by atoms with Crippen LogP contribution in [0.1, 0.15) is 65.2 Å². The number of halogens is 1. The third-order valence-corrected chi connectivity index (χ3v) is 6.63. The second-order valence-electron chi connectivity index (χ2n) is 8.63. The van der Waals surface area contributed by atoms with Gasteiger partial charge in [0.1, 0.15) is 5.82 Å². The summed E-state index contributed by atoms with van der Waals surface area (Å²) in [5.74, 6) is 1.78. The Morgan fingerprint density at radius 2 is 1.87 bits per heavy atom. The van der Waals surface area contributed by atoms with Gasteiger partial charge in [0.25, 0.3) is 5.56 Å². The number of benzene rings is 1. The predicted molar refractivity (Wildman–Crippen MR) is 129 cm³/mol. The Bertz CT molecular complexity index is 1070. The number of fused-ring (bicyclic) bond motifs is 1. The number of anilines is 1. The molecular weight excluding hydrogens is 408 g/mol. The van der Waals surface area contributed by atoms with Gasteiger partial charge in [-0.3, -0.25) is 13.8 Å². The van der Waals surface area contributed by atoms with Crippen LogP contribution in [0.3, 0.4) is 0 Å². The van der Waals surface area contributed by atoms with Crippen molar-refractivity contribution in [3.8, 4) is 11.3 Å². The van der Waals surface area contributed by atoms with Crippen LogP contribution in [0, 0.1) is 0 Å². The van der Waals surface area contributed by atoms with Crippen molar-refractivity contribution in [3.63, 3.8) is 0 Å². The highest BCUT2D eigenvalue weighted by atomic mass is 35.5. The summed E-state index contributed by atoms with van der Waals surface area (Å²) in [7, 11) is 0. The molecule has 3 heterocycles. The Morgan fingerprint density at radius 3 is 2.61 bits per heavy atom. The van der Waals surface area contributed by atoms with Gasteiger partial charge in [-0.05, 0) is 37.8 Å². The molecular formula is C25H33ClN4O. The molecule has 5 nitrogen and oxygen atoms in total. The van der Waals surface area contributed by atoms with E-state index in [0.29, 0.717) is 11.1 Å². The topological polar surface area (TPSA) is 42.5 Å². The van der Waals surface area contributed by atoms with E-state index in [1.54, 1.807) is 4.40 Å². The number of imidazole rings is 1. The smallest absolute Gasteiger partial charge is 0.261 e. The van der Waals surface area contributed by atoms with Crippen LogP contribution < -0.4 is 10.5 Å². The fourth-order valence-corrected chi connectivity index (χ4v) is 4.82. The molecule has 3 aromatic rings. The van der Waals surface area contributed by atoms with E-state index in [-0.39, 0.29) is 5.56 Å². The summed E-state index contributed by atoms with van der Waals surface area (Å²) in [5.41, 5.74) is 1.76. The van der Waals surface area contributed by atoms with Gasteiger partial charge in [0.15, 0.2) is 0 Å². The molecule has 31 heavy (non-hydrogen) atoms. The SMILES string of the molecule is CCCCCn1c(N2CCCC2CCCC)cc(=O)n2cc(-c3ccc(Cl)cc3)nc12. The van der Waals surface area contributed by atoms with Crippen LogP contribution in [0.25, 0.3) is 17.0 Å². The van der Waals surface area contributed by atoms with E-state index in [9.17, 15) is 4.79 Å². The van der Waals surface area contributed by atoms with Crippen LogP contribution >= 0.6 is 11.6 Å². The summed E-state index contributed by atoms with van der Waals surface area (Å²) in [5, 5.41) is 0.695. The van der Waals surface area contributed by atoms with Crippen molar-refractivity contribution in [2.75, 3.05) is 11.4 Å². The lowest BCUT2D eigenvalue weighted by molar-refractivity contribution is 0.548. The Kier molecular flexibility index (Phi) is 7.01. The monoisotopic (exact) mass is 440 g/mol. The number of unbranched alkanes of at least 4 members (excludes halogenated alkanes) is 3. The van der Waals surface area contributed by atoms with Gasteiger partial charge in [0.05, 0.1) is 5.69 Å². The van der Waals surface area contributed by atoms with Crippen molar-refractivity contribution in [1.29, 1.82) is 0 Å². The molecule has 0 radical (unpaired) electrons. The van der Waals surface area contributed by atoms with Crippen molar-refractivity contribution < 1.29 is 0 Å². The fourth-order valence-electron chi connectivity index (χ4n) is 4.69. The highest BCUT2D eigenvalue weighted by Gasteiger charge is 2.27. The van der Waals surface area contributed by atoms with Gasteiger partial charge >= 0.3 is 0 Å². The van der Waals surface area contributed by atoms with Crippen LogP contribution in [0.4, 0.5) is 5.82 Å². The molecule has 0 N–H and O–H groups in total. The highest BCUT2D eigenvalue weighted by Crippen LogP contribution is 2.30. The van der Waals surface area contributed by atoms with E-state index < -0.39 is 0 Å². The lowest BCUT2D eigenvalue weighted by Gasteiger charge is -2.29. The minimum absolute atomic E-state index is 0.00871. The quantitative estimate of drug-likeness (QED) is 0.374.